The standard InChI is InChI=1S/C11H20N2O2/c14-10-6-2-3-7-11(15)13-9-5-1-4-8-12-10/h1-9H2,(H,12,14)(H,13,15). The molecule has 1 saturated heterocycles. The van der Waals surface area contributed by atoms with Crippen molar-refractivity contribution in [3.63, 3.8) is 0 Å². The number of hydrogen-bond acceptors (Lipinski definition) is 2. The molecule has 0 saturated carbocycles. The van der Waals surface area contributed by atoms with E-state index in [0.29, 0.717) is 12.8 Å². The molecule has 0 aromatic carbocycles. The highest BCUT2D eigenvalue weighted by atomic mass is 16.2. The first kappa shape index (κ1) is 12.0. The van der Waals surface area contributed by atoms with Crippen LogP contribution in [-0.2, 0) is 9.59 Å². The fraction of sp³-hybridized carbons (Fsp3) is 0.818. The zero-order chi connectivity index (χ0) is 10.9. The Labute approximate surface area is 90.8 Å². The summed E-state index contributed by atoms with van der Waals surface area (Å²) in [6.45, 7) is 1.54. The first-order valence-electron chi connectivity index (χ1n) is 5.82. The van der Waals surface area contributed by atoms with Crippen molar-refractivity contribution in [3.8, 4) is 0 Å². The Morgan fingerprint density at radius 3 is 1.60 bits per heavy atom. The molecule has 2 amide bonds. The molecule has 15 heavy (non-hydrogen) atoms. The van der Waals surface area contributed by atoms with E-state index in [1.54, 1.807) is 0 Å². The van der Waals surface area contributed by atoms with Crippen molar-refractivity contribution in [1.29, 1.82) is 0 Å². The SMILES string of the molecule is O=C1CCCCC(=O)NCCCCCN1. The molecule has 0 aromatic heterocycles. The van der Waals surface area contributed by atoms with E-state index in [0.717, 1.165) is 45.2 Å². The molecule has 1 heterocycles. The zero-order valence-electron chi connectivity index (χ0n) is 9.18. The molecule has 1 rings (SSSR count). The van der Waals surface area contributed by atoms with E-state index < -0.39 is 0 Å². The van der Waals surface area contributed by atoms with Gasteiger partial charge in [0.25, 0.3) is 0 Å². The lowest BCUT2D eigenvalue weighted by atomic mass is 10.2. The Kier molecular flexibility index (Phi) is 5.81. The van der Waals surface area contributed by atoms with Crippen molar-refractivity contribution in [3.05, 3.63) is 0 Å². The van der Waals surface area contributed by atoms with E-state index >= 15 is 0 Å². The predicted molar refractivity (Wildman–Crippen MR) is 58.3 cm³/mol. The average Bonchev–Trinajstić information content (AvgIpc) is 2.23. The molecule has 0 radical (unpaired) electrons. The lowest BCUT2D eigenvalue weighted by Crippen LogP contribution is -2.24. The van der Waals surface area contributed by atoms with Crippen LogP contribution in [0.5, 0.6) is 0 Å². The topological polar surface area (TPSA) is 58.2 Å². The lowest BCUT2D eigenvalue weighted by molar-refractivity contribution is -0.122. The zero-order valence-corrected chi connectivity index (χ0v) is 9.18. The van der Waals surface area contributed by atoms with E-state index in [1.807, 2.05) is 0 Å². The molecule has 1 aliphatic heterocycles. The maximum Gasteiger partial charge on any atom is 0.219 e. The Balaban J connectivity index is 2.27. The molecule has 86 valence electrons. The molecule has 0 aromatic rings. The summed E-state index contributed by atoms with van der Waals surface area (Å²) in [6, 6.07) is 0. The van der Waals surface area contributed by atoms with E-state index in [1.165, 1.54) is 0 Å². The number of hydrogen-bond donors (Lipinski definition) is 2. The molecule has 4 nitrogen and oxygen atoms in total. The van der Waals surface area contributed by atoms with Crippen molar-refractivity contribution in [2.24, 2.45) is 0 Å². The molecule has 0 bridgehead atoms. The molecule has 4 heteroatoms. The second kappa shape index (κ2) is 7.26. The van der Waals surface area contributed by atoms with Gasteiger partial charge >= 0.3 is 0 Å². The summed E-state index contributed by atoms with van der Waals surface area (Å²) < 4.78 is 0. The van der Waals surface area contributed by atoms with Gasteiger partial charge in [0.15, 0.2) is 0 Å². The Bertz CT molecular complexity index is 195. The third kappa shape index (κ3) is 6.10. The number of rotatable bonds is 0. The largest absolute Gasteiger partial charge is 0.356 e. The second-order valence-corrected chi connectivity index (χ2v) is 3.97. The first-order valence-corrected chi connectivity index (χ1v) is 5.82. The summed E-state index contributed by atoms with van der Waals surface area (Å²) in [5.74, 6) is 0.240. The van der Waals surface area contributed by atoms with Gasteiger partial charge in [0.1, 0.15) is 0 Å². The second-order valence-electron chi connectivity index (χ2n) is 3.97. The molecule has 1 fully saturated rings. The van der Waals surface area contributed by atoms with Crippen molar-refractivity contribution >= 4 is 11.8 Å². The summed E-state index contributed by atoms with van der Waals surface area (Å²) in [5, 5.41) is 5.78. The van der Waals surface area contributed by atoms with Gasteiger partial charge in [-0.15, -0.1) is 0 Å². The number of nitrogens with one attached hydrogen (secondary N) is 2. The Hall–Kier alpha value is -1.06. The van der Waals surface area contributed by atoms with Gasteiger partial charge in [-0.25, -0.2) is 0 Å². The van der Waals surface area contributed by atoms with Crippen LogP contribution in [0.3, 0.4) is 0 Å². The Morgan fingerprint density at radius 2 is 1.13 bits per heavy atom. The number of carbonyl (C=O) groups is 2. The first-order chi connectivity index (χ1) is 7.29. The number of carbonyl (C=O) groups excluding carboxylic acids is 2. The van der Waals surface area contributed by atoms with Gasteiger partial charge < -0.3 is 10.6 Å². The van der Waals surface area contributed by atoms with Crippen molar-refractivity contribution in [2.75, 3.05) is 13.1 Å². The van der Waals surface area contributed by atoms with Crippen molar-refractivity contribution < 1.29 is 9.59 Å². The average molecular weight is 212 g/mol. The minimum atomic E-state index is 0.120. The summed E-state index contributed by atoms with van der Waals surface area (Å²) >= 11 is 0. The van der Waals surface area contributed by atoms with Gasteiger partial charge in [0.2, 0.25) is 11.8 Å². The maximum atomic E-state index is 11.3. The smallest absolute Gasteiger partial charge is 0.219 e. The summed E-state index contributed by atoms with van der Waals surface area (Å²) in [5.41, 5.74) is 0. The maximum absolute atomic E-state index is 11.3. The van der Waals surface area contributed by atoms with E-state index in [4.69, 9.17) is 0 Å². The van der Waals surface area contributed by atoms with Gasteiger partial charge in [-0.2, -0.15) is 0 Å². The molecule has 0 spiro atoms. The monoisotopic (exact) mass is 212 g/mol. The predicted octanol–water partition coefficient (Wildman–Crippen LogP) is 0.963. The molecular weight excluding hydrogens is 192 g/mol. The molecular formula is C11H20N2O2. The third-order valence-electron chi connectivity index (χ3n) is 2.56. The van der Waals surface area contributed by atoms with Crippen LogP contribution in [0.2, 0.25) is 0 Å². The highest BCUT2D eigenvalue weighted by Crippen LogP contribution is 2.01. The minimum Gasteiger partial charge on any atom is -0.356 e. The van der Waals surface area contributed by atoms with Crippen LogP contribution in [0.4, 0.5) is 0 Å². The molecule has 0 aliphatic carbocycles. The fourth-order valence-corrected chi connectivity index (χ4v) is 1.63. The Morgan fingerprint density at radius 1 is 0.667 bits per heavy atom. The van der Waals surface area contributed by atoms with Crippen LogP contribution in [0.25, 0.3) is 0 Å². The van der Waals surface area contributed by atoms with E-state index in [-0.39, 0.29) is 11.8 Å². The van der Waals surface area contributed by atoms with Crippen molar-refractivity contribution in [2.45, 2.75) is 44.9 Å². The van der Waals surface area contributed by atoms with E-state index in [2.05, 4.69) is 10.6 Å². The van der Waals surface area contributed by atoms with Gasteiger partial charge in [-0.05, 0) is 32.1 Å². The van der Waals surface area contributed by atoms with Gasteiger partial charge in [-0.1, -0.05) is 0 Å². The number of amides is 2. The highest BCUT2D eigenvalue weighted by Gasteiger charge is 2.04. The van der Waals surface area contributed by atoms with Crippen LogP contribution >= 0.6 is 0 Å². The van der Waals surface area contributed by atoms with Crippen LogP contribution in [0.15, 0.2) is 0 Å². The molecule has 0 unspecified atom stereocenters. The van der Waals surface area contributed by atoms with Crippen LogP contribution in [-0.4, -0.2) is 24.9 Å². The quantitative estimate of drug-likeness (QED) is 0.628. The normalized spacial score (nSPS) is 21.6. The fourth-order valence-electron chi connectivity index (χ4n) is 1.63. The molecule has 2 N–H and O–H groups in total. The third-order valence-corrected chi connectivity index (χ3v) is 2.56. The summed E-state index contributed by atoms with van der Waals surface area (Å²) in [7, 11) is 0. The molecule has 1 aliphatic rings. The van der Waals surface area contributed by atoms with Crippen LogP contribution in [0.1, 0.15) is 44.9 Å². The lowest BCUT2D eigenvalue weighted by Gasteiger charge is -2.03. The van der Waals surface area contributed by atoms with Gasteiger partial charge in [0, 0.05) is 25.9 Å². The summed E-state index contributed by atoms with van der Waals surface area (Å²) in [6.07, 6.45) is 5.77. The highest BCUT2D eigenvalue weighted by molar-refractivity contribution is 5.77. The van der Waals surface area contributed by atoms with E-state index in [9.17, 15) is 9.59 Å². The van der Waals surface area contributed by atoms with Gasteiger partial charge in [0.05, 0.1) is 0 Å². The van der Waals surface area contributed by atoms with Crippen molar-refractivity contribution in [1.82, 2.24) is 10.6 Å². The van der Waals surface area contributed by atoms with Gasteiger partial charge in [-0.3, -0.25) is 9.59 Å². The van der Waals surface area contributed by atoms with Crippen LogP contribution < -0.4 is 10.6 Å². The minimum absolute atomic E-state index is 0.120. The van der Waals surface area contributed by atoms with Crippen LogP contribution in [0, 0.1) is 0 Å². The summed E-state index contributed by atoms with van der Waals surface area (Å²) in [4.78, 5) is 22.5. The molecule has 0 atom stereocenters.